The van der Waals surface area contributed by atoms with Crippen molar-refractivity contribution < 1.29 is 14.1 Å². The number of ether oxygens (including phenoxy) is 1. The van der Waals surface area contributed by atoms with E-state index < -0.39 is 0 Å². The van der Waals surface area contributed by atoms with E-state index in [2.05, 4.69) is 20.1 Å². The van der Waals surface area contributed by atoms with Gasteiger partial charge in [0.15, 0.2) is 0 Å². The summed E-state index contributed by atoms with van der Waals surface area (Å²) in [5.41, 5.74) is 1.41. The number of rotatable bonds is 4. The summed E-state index contributed by atoms with van der Waals surface area (Å²) in [6.45, 7) is 3.92. The average Bonchev–Trinajstić information content (AvgIpc) is 3.40. The number of aromatic nitrogens is 4. The van der Waals surface area contributed by atoms with Crippen molar-refractivity contribution in [1.82, 2.24) is 29.7 Å². The molecule has 0 aromatic carbocycles. The molecular formula is C21H26N6O3. The summed E-state index contributed by atoms with van der Waals surface area (Å²) in [5.74, 6) is 0.0388. The molecule has 0 N–H and O–H groups in total. The van der Waals surface area contributed by atoms with E-state index in [1.807, 2.05) is 30.4 Å². The molecule has 2 aliphatic rings. The second-order valence-corrected chi connectivity index (χ2v) is 8.05. The summed E-state index contributed by atoms with van der Waals surface area (Å²) < 4.78 is 13.4. The third kappa shape index (κ3) is 3.59. The third-order valence-corrected chi connectivity index (χ3v) is 6.02. The first kappa shape index (κ1) is 19.2. The highest BCUT2D eigenvalue weighted by Gasteiger charge is 2.40. The smallest absolute Gasteiger partial charge is 0.293 e. The summed E-state index contributed by atoms with van der Waals surface area (Å²) in [5, 5.41) is 8.93. The molecule has 2 aliphatic heterocycles. The van der Waals surface area contributed by atoms with E-state index in [-0.39, 0.29) is 23.8 Å². The highest BCUT2D eigenvalue weighted by atomic mass is 16.5. The van der Waals surface area contributed by atoms with Crippen LogP contribution in [0.2, 0.25) is 0 Å². The first-order valence-electron chi connectivity index (χ1n) is 10.5. The van der Waals surface area contributed by atoms with Crippen molar-refractivity contribution in [3.8, 4) is 0 Å². The van der Waals surface area contributed by atoms with Gasteiger partial charge >= 0.3 is 0 Å². The standard InChI is InChI=1S/C21H26N6O3/c1-25-13-15(12-23-25)18-17(14-26-8-3-2-4-9-26)29-11-10-27(18)21(28)19-16-6-5-7-22-20(16)24-30-19/h5-7,12-13,17-18H,2-4,8-11,14H2,1H3/t17-,18-/m0/s1. The van der Waals surface area contributed by atoms with Crippen LogP contribution < -0.4 is 0 Å². The molecule has 9 nitrogen and oxygen atoms in total. The number of aryl methyl sites for hydroxylation is 1. The zero-order chi connectivity index (χ0) is 20.5. The van der Waals surface area contributed by atoms with Crippen molar-refractivity contribution in [3.63, 3.8) is 0 Å². The van der Waals surface area contributed by atoms with Crippen LogP contribution in [-0.2, 0) is 11.8 Å². The lowest BCUT2D eigenvalue weighted by Gasteiger charge is -2.42. The minimum Gasteiger partial charge on any atom is -0.373 e. The van der Waals surface area contributed by atoms with Gasteiger partial charge < -0.3 is 19.1 Å². The van der Waals surface area contributed by atoms with E-state index in [0.717, 1.165) is 25.2 Å². The zero-order valence-corrected chi connectivity index (χ0v) is 17.1. The molecule has 1 amide bonds. The lowest BCUT2D eigenvalue weighted by molar-refractivity contribution is -0.0748. The quantitative estimate of drug-likeness (QED) is 0.650. The first-order chi connectivity index (χ1) is 14.7. The zero-order valence-electron chi connectivity index (χ0n) is 17.1. The first-order valence-corrected chi connectivity index (χ1v) is 10.5. The largest absolute Gasteiger partial charge is 0.373 e. The van der Waals surface area contributed by atoms with Gasteiger partial charge in [-0.1, -0.05) is 11.6 Å². The molecule has 0 saturated carbocycles. The van der Waals surface area contributed by atoms with E-state index >= 15 is 0 Å². The fourth-order valence-electron chi connectivity index (χ4n) is 4.57. The maximum absolute atomic E-state index is 13.6. The van der Waals surface area contributed by atoms with Gasteiger partial charge in [0, 0.05) is 38.1 Å². The van der Waals surface area contributed by atoms with E-state index in [1.54, 1.807) is 16.9 Å². The molecule has 0 radical (unpaired) electrons. The predicted molar refractivity (Wildman–Crippen MR) is 109 cm³/mol. The van der Waals surface area contributed by atoms with Crippen LogP contribution in [-0.4, -0.2) is 74.5 Å². The minimum absolute atomic E-state index is 0.127. The van der Waals surface area contributed by atoms with E-state index in [0.29, 0.717) is 24.2 Å². The molecule has 0 aliphatic carbocycles. The number of hydrogen-bond donors (Lipinski definition) is 0. The van der Waals surface area contributed by atoms with Crippen LogP contribution in [0, 0.1) is 0 Å². The average molecular weight is 410 g/mol. The molecule has 2 saturated heterocycles. The number of pyridine rings is 1. The number of carbonyl (C=O) groups is 1. The normalized spacial score (nSPS) is 23.2. The number of amides is 1. The molecule has 30 heavy (non-hydrogen) atoms. The van der Waals surface area contributed by atoms with Crippen LogP contribution in [0.1, 0.15) is 41.4 Å². The lowest BCUT2D eigenvalue weighted by atomic mass is 9.98. The molecule has 0 spiro atoms. The number of morpholine rings is 1. The Morgan fingerprint density at radius 3 is 2.90 bits per heavy atom. The van der Waals surface area contributed by atoms with Gasteiger partial charge in [-0.05, 0) is 38.1 Å². The van der Waals surface area contributed by atoms with Gasteiger partial charge in [-0.15, -0.1) is 0 Å². The number of carbonyl (C=O) groups excluding carboxylic acids is 1. The molecule has 0 unspecified atom stereocenters. The van der Waals surface area contributed by atoms with Gasteiger partial charge in [-0.25, -0.2) is 4.98 Å². The highest BCUT2D eigenvalue weighted by Crippen LogP contribution is 2.33. The van der Waals surface area contributed by atoms with Gasteiger partial charge in [0.1, 0.15) is 0 Å². The predicted octanol–water partition coefficient (Wildman–Crippen LogP) is 2.02. The minimum atomic E-state index is -0.237. The Kier molecular flexibility index (Phi) is 5.22. The number of nitrogens with zero attached hydrogens (tertiary/aromatic N) is 6. The number of likely N-dealkylation sites (tertiary alicyclic amines) is 1. The van der Waals surface area contributed by atoms with Gasteiger partial charge in [0.2, 0.25) is 11.4 Å². The van der Waals surface area contributed by atoms with Crippen LogP contribution in [0.15, 0.2) is 35.2 Å². The third-order valence-electron chi connectivity index (χ3n) is 6.02. The Morgan fingerprint density at radius 1 is 1.23 bits per heavy atom. The van der Waals surface area contributed by atoms with E-state index in [1.165, 1.54) is 19.3 Å². The molecule has 3 aromatic heterocycles. The second kappa shape index (κ2) is 8.16. The topological polar surface area (TPSA) is 89.5 Å². The molecule has 5 heterocycles. The van der Waals surface area contributed by atoms with Crippen LogP contribution in [0.4, 0.5) is 0 Å². The molecule has 158 valence electrons. The van der Waals surface area contributed by atoms with Crippen molar-refractivity contribution >= 4 is 16.9 Å². The van der Waals surface area contributed by atoms with Crippen LogP contribution in [0.3, 0.4) is 0 Å². The molecule has 2 atom stereocenters. The maximum Gasteiger partial charge on any atom is 0.293 e. The van der Waals surface area contributed by atoms with Gasteiger partial charge in [-0.3, -0.25) is 9.48 Å². The summed E-state index contributed by atoms with van der Waals surface area (Å²) in [6.07, 6.45) is 9.00. The summed E-state index contributed by atoms with van der Waals surface area (Å²) in [4.78, 5) is 22.0. The molecular weight excluding hydrogens is 384 g/mol. The van der Waals surface area contributed by atoms with Gasteiger partial charge in [0.05, 0.1) is 30.3 Å². The molecule has 3 aromatic rings. The van der Waals surface area contributed by atoms with Gasteiger partial charge in [0.25, 0.3) is 5.91 Å². The van der Waals surface area contributed by atoms with Crippen LogP contribution in [0.25, 0.3) is 11.0 Å². The Morgan fingerprint density at radius 2 is 2.10 bits per heavy atom. The van der Waals surface area contributed by atoms with Crippen molar-refractivity contribution in [1.29, 1.82) is 0 Å². The summed E-state index contributed by atoms with van der Waals surface area (Å²) in [6, 6.07) is 3.36. The fourth-order valence-corrected chi connectivity index (χ4v) is 4.57. The Labute approximate surface area is 174 Å². The molecule has 9 heteroatoms. The van der Waals surface area contributed by atoms with E-state index in [9.17, 15) is 4.79 Å². The van der Waals surface area contributed by atoms with Crippen molar-refractivity contribution in [2.75, 3.05) is 32.8 Å². The number of piperidine rings is 1. The van der Waals surface area contributed by atoms with Crippen molar-refractivity contribution in [2.45, 2.75) is 31.4 Å². The second-order valence-electron chi connectivity index (χ2n) is 8.05. The Balaban J connectivity index is 1.47. The molecule has 5 rings (SSSR count). The monoisotopic (exact) mass is 410 g/mol. The SMILES string of the molecule is Cn1cc([C@H]2[C@H](CN3CCCCC3)OCCN2C(=O)c2onc3ncccc23)cn1. The summed E-state index contributed by atoms with van der Waals surface area (Å²) in [7, 11) is 1.88. The van der Waals surface area contributed by atoms with Crippen molar-refractivity contribution in [3.05, 3.63) is 42.0 Å². The van der Waals surface area contributed by atoms with Crippen molar-refractivity contribution in [2.24, 2.45) is 7.05 Å². The lowest BCUT2D eigenvalue weighted by Crippen LogP contribution is -2.52. The number of hydrogen-bond acceptors (Lipinski definition) is 7. The molecule has 2 fully saturated rings. The summed E-state index contributed by atoms with van der Waals surface area (Å²) >= 11 is 0. The van der Waals surface area contributed by atoms with Gasteiger partial charge in [-0.2, -0.15) is 5.10 Å². The Bertz CT molecular complexity index is 1020. The Hall–Kier alpha value is -2.78. The van der Waals surface area contributed by atoms with E-state index in [4.69, 9.17) is 9.26 Å². The fraction of sp³-hybridized carbons (Fsp3) is 0.524. The van der Waals surface area contributed by atoms with Crippen LogP contribution in [0.5, 0.6) is 0 Å². The molecule has 0 bridgehead atoms. The number of fused-ring (bicyclic) bond motifs is 1. The highest BCUT2D eigenvalue weighted by molar-refractivity contribution is 6.02. The maximum atomic E-state index is 13.6. The van der Waals surface area contributed by atoms with Crippen LogP contribution >= 0.6 is 0 Å².